The number of nitrogens with two attached hydrogens (primary N) is 1. The van der Waals surface area contributed by atoms with Crippen LogP contribution in [0.4, 0.5) is 0 Å². The SMILES string of the molecule is CCCc1cccc(C2CCCC(N)C2)c1. The van der Waals surface area contributed by atoms with Gasteiger partial charge in [0.2, 0.25) is 0 Å². The highest BCUT2D eigenvalue weighted by Gasteiger charge is 2.20. The van der Waals surface area contributed by atoms with Gasteiger partial charge in [0.25, 0.3) is 0 Å². The van der Waals surface area contributed by atoms with Crippen LogP contribution in [0.1, 0.15) is 56.1 Å². The van der Waals surface area contributed by atoms with Gasteiger partial charge in [0, 0.05) is 6.04 Å². The van der Waals surface area contributed by atoms with Crippen molar-refractivity contribution >= 4 is 0 Å². The highest BCUT2D eigenvalue weighted by molar-refractivity contribution is 5.27. The van der Waals surface area contributed by atoms with Crippen molar-refractivity contribution in [1.29, 1.82) is 0 Å². The van der Waals surface area contributed by atoms with Crippen molar-refractivity contribution in [2.75, 3.05) is 0 Å². The summed E-state index contributed by atoms with van der Waals surface area (Å²) >= 11 is 0. The normalized spacial score (nSPS) is 25.6. The van der Waals surface area contributed by atoms with Crippen molar-refractivity contribution in [3.8, 4) is 0 Å². The molecule has 0 heterocycles. The van der Waals surface area contributed by atoms with Gasteiger partial charge in [-0.25, -0.2) is 0 Å². The predicted molar refractivity (Wildman–Crippen MR) is 69.6 cm³/mol. The molecular weight excluding hydrogens is 194 g/mol. The molecule has 1 aliphatic rings. The van der Waals surface area contributed by atoms with E-state index in [1.54, 1.807) is 0 Å². The van der Waals surface area contributed by atoms with Crippen LogP contribution in [0.2, 0.25) is 0 Å². The van der Waals surface area contributed by atoms with Gasteiger partial charge in [-0.15, -0.1) is 0 Å². The molecule has 2 unspecified atom stereocenters. The molecule has 1 aromatic carbocycles. The Morgan fingerprint density at radius 1 is 1.31 bits per heavy atom. The fraction of sp³-hybridized carbons (Fsp3) is 0.600. The second-order valence-corrected chi connectivity index (χ2v) is 5.12. The topological polar surface area (TPSA) is 26.0 Å². The summed E-state index contributed by atoms with van der Waals surface area (Å²) in [6.45, 7) is 2.24. The molecule has 88 valence electrons. The summed E-state index contributed by atoms with van der Waals surface area (Å²) < 4.78 is 0. The quantitative estimate of drug-likeness (QED) is 0.822. The number of hydrogen-bond acceptors (Lipinski definition) is 1. The highest BCUT2D eigenvalue weighted by atomic mass is 14.6. The summed E-state index contributed by atoms with van der Waals surface area (Å²) in [6.07, 6.45) is 7.44. The highest BCUT2D eigenvalue weighted by Crippen LogP contribution is 2.32. The Kier molecular flexibility index (Phi) is 4.00. The Hall–Kier alpha value is -0.820. The first kappa shape index (κ1) is 11.7. The molecule has 0 spiro atoms. The Labute approximate surface area is 99.0 Å². The lowest BCUT2D eigenvalue weighted by molar-refractivity contribution is 0.393. The zero-order valence-corrected chi connectivity index (χ0v) is 10.3. The first-order valence-corrected chi connectivity index (χ1v) is 6.64. The third-order valence-corrected chi connectivity index (χ3v) is 3.68. The molecule has 2 atom stereocenters. The van der Waals surface area contributed by atoms with E-state index in [1.807, 2.05) is 0 Å². The van der Waals surface area contributed by atoms with Gasteiger partial charge in [-0.3, -0.25) is 0 Å². The molecule has 0 radical (unpaired) electrons. The fourth-order valence-corrected chi connectivity index (χ4v) is 2.82. The van der Waals surface area contributed by atoms with Crippen LogP contribution in [-0.2, 0) is 6.42 Å². The lowest BCUT2D eigenvalue weighted by atomic mass is 9.81. The average Bonchev–Trinajstić information content (AvgIpc) is 2.30. The minimum atomic E-state index is 0.425. The molecule has 0 aliphatic heterocycles. The minimum absolute atomic E-state index is 0.425. The molecule has 2 rings (SSSR count). The Balaban J connectivity index is 2.09. The molecule has 0 aromatic heterocycles. The van der Waals surface area contributed by atoms with Crippen molar-refractivity contribution in [2.24, 2.45) is 5.73 Å². The maximum absolute atomic E-state index is 6.06. The lowest BCUT2D eigenvalue weighted by Crippen LogP contribution is -2.26. The van der Waals surface area contributed by atoms with Crippen LogP contribution in [0, 0.1) is 0 Å². The summed E-state index contributed by atoms with van der Waals surface area (Å²) in [5.74, 6) is 0.709. The maximum atomic E-state index is 6.06. The molecule has 1 fully saturated rings. The molecule has 1 saturated carbocycles. The lowest BCUT2D eigenvalue weighted by Gasteiger charge is -2.27. The zero-order chi connectivity index (χ0) is 11.4. The number of aryl methyl sites for hydroxylation is 1. The van der Waals surface area contributed by atoms with E-state index >= 15 is 0 Å². The Morgan fingerprint density at radius 3 is 2.94 bits per heavy atom. The molecule has 0 amide bonds. The number of hydrogen-bond donors (Lipinski definition) is 1. The first-order valence-electron chi connectivity index (χ1n) is 6.64. The fourth-order valence-electron chi connectivity index (χ4n) is 2.82. The van der Waals surface area contributed by atoms with Gasteiger partial charge in [-0.05, 0) is 42.7 Å². The van der Waals surface area contributed by atoms with E-state index in [2.05, 4.69) is 31.2 Å². The molecule has 1 nitrogen and oxygen atoms in total. The van der Waals surface area contributed by atoms with Crippen LogP contribution in [-0.4, -0.2) is 6.04 Å². The third-order valence-electron chi connectivity index (χ3n) is 3.68. The summed E-state index contributed by atoms with van der Waals surface area (Å²) in [7, 11) is 0. The average molecular weight is 217 g/mol. The van der Waals surface area contributed by atoms with Crippen LogP contribution in [0.25, 0.3) is 0 Å². The smallest absolute Gasteiger partial charge is 0.00446 e. The van der Waals surface area contributed by atoms with Crippen molar-refractivity contribution in [1.82, 2.24) is 0 Å². The third kappa shape index (κ3) is 2.85. The summed E-state index contributed by atoms with van der Waals surface area (Å²) in [4.78, 5) is 0. The predicted octanol–water partition coefficient (Wildman–Crippen LogP) is 3.62. The molecule has 1 aliphatic carbocycles. The Morgan fingerprint density at radius 2 is 2.19 bits per heavy atom. The van der Waals surface area contributed by atoms with E-state index in [0.29, 0.717) is 12.0 Å². The van der Waals surface area contributed by atoms with E-state index in [0.717, 1.165) is 0 Å². The van der Waals surface area contributed by atoms with E-state index in [4.69, 9.17) is 5.73 Å². The largest absolute Gasteiger partial charge is 0.328 e. The Bertz CT molecular complexity index is 332. The van der Waals surface area contributed by atoms with Crippen molar-refractivity contribution < 1.29 is 0 Å². The van der Waals surface area contributed by atoms with Crippen LogP contribution in [0.3, 0.4) is 0 Å². The van der Waals surface area contributed by atoms with Gasteiger partial charge in [0.15, 0.2) is 0 Å². The standard InChI is InChI=1S/C15H23N/c1-2-5-12-6-3-7-13(10-12)14-8-4-9-15(16)11-14/h3,6-7,10,14-15H,2,4-5,8-9,11,16H2,1H3. The molecule has 1 heteroatoms. The minimum Gasteiger partial charge on any atom is -0.328 e. The summed E-state index contributed by atoms with van der Waals surface area (Å²) in [6, 6.07) is 9.55. The van der Waals surface area contributed by atoms with E-state index < -0.39 is 0 Å². The second kappa shape index (κ2) is 5.49. The van der Waals surface area contributed by atoms with Crippen LogP contribution in [0.5, 0.6) is 0 Å². The van der Waals surface area contributed by atoms with Crippen molar-refractivity contribution in [2.45, 2.75) is 57.4 Å². The van der Waals surface area contributed by atoms with Gasteiger partial charge in [-0.2, -0.15) is 0 Å². The molecule has 0 bridgehead atoms. The van der Waals surface area contributed by atoms with E-state index in [9.17, 15) is 0 Å². The van der Waals surface area contributed by atoms with E-state index in [1.165, 1.54) is 49.7 Å². The maximum Gasteiger partial charge on any atom is 0.00446 e. The van der Waals surface area contributed by atoms with Gasteiger partial charge in [-0.1, -0.05) is 44.0 Å². The van der Waals surface area contributed by atoms with E-state index in [-0.39, 0.29) is 0 Å². The van der Waals surface area contributed by atoms with Gasteiger partial charge in [0.1, 0.15) is 0 Å². The van der Waals surface area contributed by atoms with Crippen LogP contribution in [0.15, 0.2) is 24.3 Å². The van der Waals surface area contributed by atoms with Crippen LogP contribution >= 0.6 is 0 Å². The monoisotopic (exact) mass is 217 g/mol. The second-order valence-electron chi connectivity index (χ2n) is 5.12. The molecule has 2 N–H and O–H groups in total. The summed E-state index contributed by atoms with van der Waals surface area (Å²) in [5, 5.41) is 0. The van der Waals surface area contributed by atoms with Gasteiger partial charge < -0.3 is 5.73 Å². The van der Waals surface area contributed by atoms with Gasteiger partial charge >= 0.3 is 0 Å². The summed E-state index contributed by atoms with van der Waals surface area (Å²) in [5.41, 5.74) is 9.06. The van der Waals surface area contributed by atoms with Crippen molar-refractivity contribution in [3.63, 3.8) is 0 Å². The number of benzene rings is 1. The molecule has 1 aromatic rings. The molecule has 0 saturated heterocycles. The zero-order valence-electron chi connectivity index (χ0n) is 10.3. The molecular formula is C15H23N. The van der Waals surface area contributed by atoms with Crippen LogP contribution < -0.4 is 5.73 Å². The van der Waals surface area contributed by atoms with Crippen molar-refractivity contribution in [3.05, 3.63) is 35.4 Å². The number of rotatable bonds is 3. The first-order chi connectivity index (χ1) is 7.79. The van der Waals surface area contributed by atoms with Gasteiger partial charge in [0.05, 0.1) is 0 Å². The molecule has 16 heavy (non-hydrogen) atoms.